The van der Waals surface area contributed by atoms with Gasteiger partial charge in [0, 0.05) is 0 Å². The van der Waals surface area contributed by atoms with E-state index in [9.17, 15) is 32.1 Å². The maximum atomic E-state index is 13.1. The van der Waals surface area contributed by atoms with Crippen molar-refractivity contribution in [2.75, 3.05) is 9.80 Å². The van der Waals surface area contributed by atoms with Crippen LogP contribution in [0.15, 0.2) is 89.8 Å². The second-order valence-electron chi connectivity index (χ2n) is 9.36. The van der Waals surface area contributed by atoms with Crippen molar-refractivity contribution in [3.8, 4) is 0 Å². The first-order chi connectivity index (χ1) is 19.1. The van der Waals surface area contributed by atoms with E-state index in [1.165, 1.54) is 12.1 Å². The van der Waals surface area contributed by atoms with Crippen LogP contribution in [0.2, 0.25) is 0 Å². The largest absolute Gasteiger partial charge is 1.00 e. The quantitative estimate of drug-likeness (QED) is 0.112. The molecule has 0 radical (unpaired) electrons. The molecule has 0 aliphatic carbocycles. The van der Waals surface area contributed by atoms with Gasteiger partial charge in [0.05, 0.1) is 32.8 Å². The predicted molar refractivity (Wildman–Crippen MR) is 142 cm³/mol. The Morgan fingerprint density at radius 3 is 1.40 bits per heavy atom. The summed E-state index contributed by atoms with van der Waals surface area (Å²) in [5.74, 6) is -1.88. The number of anilines is 2. The fourth-order valence-electron chi connectivity index (χ4n) is 4.93. The fraction of sp³-hybridized carbons (Fsp3) is 0.0667. The van der Waals surface area contributed by atoms with Gasteiger partial charge in [0.2, 0.25) is 0 Å². The van der Waals surface area contributed by atoms with Crippen LogP contribution < -0.4 is 47.5 Å². The van der Waals surface area contributed by atoms with Gasteiger partial charge in [-0.3, -0.25) is 24.1 Å². The van der Waals surface area contributed by atoms with E-state index >= 15 is 0 Å². The number of imide groups is 2. The Bertz CT molecular complexity index is 1860. The van der Waals surface area contributed by atoms with Crippen LogP contribution in [-0.2, 0) is 23.0 Å². The third-order valence-electron chi connectivity index (χ3n) is 6.95. The number of aryl methyl sites for hydroxylation is 2. The molecule has 0 atom stereocenters. The first kappa shape index (κ1) is 31.2. The maximum absolute atomic E-state index is 13.1. The van der Waals surface area contributed by atoms with E-state index in [0.29, 0.717) is 29.7 Å². The van der Waals surface area contributed by atoms with Crippen LogP contribution in [-0.4, -0.2) is 36.6 Å². The average molecular weight is 564 g/mol. The van der Waals surface area contributed by atoms with E-state index in [1.807, 2.05) is 0 Å². The molecule has 198 valence electrons. The van der Waals surface area contributed by atoms with Crippen molar-refractivity contribution in [2.24, 2.45) is 0 Å². The Morgan fingerprint density at radius 1 is 0.571 bits per heavy atom. The van der Waals surface area contributed by atoms with Crippen LogP contribution in [0.4, 0.5) is 11.4 Å². The summed E-state index contributed by atoms with van der Waals surface area (Å²) in [5, 5.41) is 0. The summed E-state index contributed by atoms with van der Waals surface area (Å²) in [5.41, 5.74) is 3.36. The van der Waals surface area contributed by atoms with Crippen molar-refractivity contribution < 1.29 is 69.9 Å². The number of rotatable bonds is 6. The van der Waals surface area contributed by atoms with Gasteiger partial charge in [-0.05, 0) is 72.5 Å². The summed E-state index contributed by atoms with van der Waals surface area (Å²) in [4.78, 5) is 53.5. The molecule has 0 unspecified atom stereocenters. The standard InChI is InChI=1S/C30H19N2O7S.2Li/c33-27-23-14-8-18(16-25(23)29(35)31(27)20-4-2-1-3-5-20)6-7-19-9-15-24-26(17-19)30(36)32(28(24)34)21-10-12-22(13-11-21)40(37,38)39;;/h2-5,8-17H,6-7H2,(H,37,38,39);;/q-1;2*+1/p-1. The molecule has 9 nitrogen and oxygen atoms in total. The molecule has 0 saturated heterocycles. The van der Waals surface area contributed by atoms with Gasteiger partial charge in [-0.15, -0.1) is 12.1 Å². The van der Waals surface area contributed by atoms with Crippen LogP contribution in [0.1, 0.15) is 52.6 Å². The Kier molecular flexibility index (Phi) is 8.82. The normalized spacial score (nSPS) is 13.9. The van der Waals surface area contributed by atoms with Crippen molar-refractivity contribution in [3.05, 3.63) is 124 Å². The third kappa shape index (κ3) is 5.41. The van der Waals surface area contributed by atoms with Gasteiger partial charge >= 0.3 is 37.7 Å². The van der Waals surface area contributed by atoms with Crippen molar-refractivity contribution in [3.63, 3.8) is 0 Å². The minimum Gasteiger partial charge on any atom is -0.744 e. The number of carbonyl (C=O) groups is 4. The molecule has 2 aliphatic heterocycles. The SMILES string of the molecule is O=C1c2ccc(CCc3ccc4c(c3)C(=O)N(c3ccc(S(=O)(=O)[O-])cc3)C4=O)cc2C(=O)N1c1cc[c-]cc1.[Li+].[Li+]. The van der Waals surface area contributed by atoms with Crippen molar-refractivity contribution in [2.45, 2.75) is 17.7 Å². The van der Waals surface area contributed by atoms with Gasteiger partial charge < -0.3 is 4.55 Å². The summed E-state index contributed by atoms with van der Waals surface area (Å²) in [6.45, 7) is 0. The summed E-state index contributed by atoms with van der Waals surface area (Å²) < 4.78 is 33.6. The molecule has 0 saturated carbocycles. The second-order valence-corrected chi connectivity index (χ2v) is 10.7. The monoisotopic (exact) mass is 564 g/mol. The van der Waals surface area contributed by atoms with E-state index < -0.39 is 32.7 Å². The number of nitrogens with zero attached hydrogens (tertiary/aromatic N) is 2. The third-order valence-corrected chi connectivity index (χ3v) is 7.80. The van der Waals surface area contributed by atoms with Crippen molar-refractivity contribution in [1.82, 2.24) is 0 Å². The van der Waals surface area contributed by atoms with E-state index in [0.717, 1.165) is 33.1 Å². The Hall–Kier alpha value is -3.74. The molecular formula is C30H18Li2N2O7S. The Morgan fingerprint density at radius 2 is 0.976 bits per heavy atom. The van der Waals surface area contributed by atoms with Crippen LogP contribution in [0.3, 0.4) is 0 Å². The molecule has 42 heavy (non-hydrogen) atoms. The summed E-state index contributed by atoms with van der Waals surface area (Å²) in [6.07, 6.45) is 1.02. The second kappa shape index (κ2) is 11.9. The van der Waals surface area contributed by atoms with Crippen molar-refractivity contribution >= 4 is 45.1 Å². The van der Waals surface area contributed by atoms with Crippen LogP contribution in [0.25, 0.3) is 0 Å². The number of hydrogen-bond acceptors (Lipinski definition) is 7. The zero-order chi connectivity index (χ0) is 28.2. The predicted octanol–water partition coefficient (Wildman–Crippen LogP) is -2.21. The average Bonchev–Trinajstić information content (AvgIpc) is 3.35. The van der Waals surface area contributed by atoms with E-state index in [1.54, 1.807) is 60.7 Å². The van der Waals surface area contributed by atoms with Gasteiger partial charge in [0.25, 0.3) is 23.6 Å². The molecule has 0 spiro atoms. The number of fused-ring (bicyclic) bond motifs is 2. The topological polar surface area (TPSA) is 132 Å². The van der Waals surface area contributed by atoms with E-state index in [2.05, 4.69) is 6.07 Å². The molecular weight excluding hydrogens is 546 g/mol. The number of hydrogen-bond donors (Lipinski definition) is 0. The Labute approximate surface area is 265 Å². The molecule has 4 aromatic rings. The van der Waals surface area contributed by atoms with Crippen LogP contribution in [0, 0.1) is 6.07 Å². The van der Waals surface area contributed by atoms with Crippen molar-refractivity contribution in [1.29, 1.82) is 0 Å². The minimum atomic E-state index is -4.66. The molecule has 2 heterocycles. The Balaban J connectivity index is 0.00000202. The van der Waals surface area contributed by atoms with Crippen LogP contribution >= 0.6 is 0 Å². The summed E-state index contributed by atoms with van der Waals surface area (Å²) in [7, 11) is -4.66. The number of amides is 4. The number of benzene rings is 4. The first-order valence-corrected chi connectivity index (χ1v) is 13.6. The van der Waals surface area contributed by atoms with Gasteiger partial charge in [-0.1, -0.05) is 17.8 Å². The number of carbonyl (C=O) groups excluding carboxylic acids is 4. The van der Waals surface area contributed by atoms with Gasteiger partial charge in [0.1, 0.15) is 10.1 Å². The minimum absolute atomic E-state index is 0. The molecule has 4 aromatic carbocycles. The first-order valence-electron chi connectivity index (χ1n) is 12.2. The van der Waals surface area contributed by atoms with Gasteiger partial charge in [0.15, 0.2) is 0 Å². The summed E-state index contributed by atoms with van der Waals surface area (Å²) >= 11 is 0. The molecule has 6 rings (SSSR count). The van der Waals surface area contributed by atoms with E-state index in [4.69, 9.17) is 0 Å². The van der Waals surface area contributed by atoms with Gasteiger partial charge in [-0.2, -0.15) is 18.2 Å². The molecule has 0 fully saturated rings. The van der Waals surface area contributed by atoms with E-state index in [-0.39, 0.29) is 60.4 Å². The molecule has 0 bridgehead atoms. The zero-order valence-electron chi connectivity index (χ0n) is 22.7. The smallest absolute Gasteiger partial charge is 0.744 e. The maximum Gasteiger partial charge on any atom is 1.00 e. The zero-order valence-corrected chi connectivity index (χ0v) is 23.5. The van der Waals surface area contributed by atoms with Gasteiger partial charge in [-0.25, -0.2) is 13.3 Å². The molecule has 12 heteroatoms. The molecule has 0 aromatic heterocycles. The molecule has 2 aliphatic rings. The molecule has 4 amide bonds. The molecule has 0 N–H and O–H groups in total. The fourth-order valence-corrected chi connectivity index (χ4v) is 5.40. The summed E-state index contributed by atoms with van der Waals surface area (Å²) in [6, 6.07) is 24.1. The van der Waals surface area contributed by atoms with Crippen LogP contribution in [0.5, 0.6) is 0 Å².